The summed E-state index contributed by atoms with van der Waals surface area (Å²) in [6, 6.07) is 0. The van der Waals surface area contributed by atoms with Crippen molar-refractivity contribution in [1.82, 2.24) is 0 Å². The molecule has 0 aliphatic rings. The molecular weight excluding hydrogens is 110 g/mol. The van der Waals surface area contributed by atoms with Gasteiger partial charge in [-0.05, 0) is 24.3 Å². The van der Waals surface area contributed by atoms with Gasteiger partial charge in [0.15, 0.2) is 0 Å². The van der Waals surface area contributed by atoms with Crippen LogP contribution in [0, 0.1) is 11.3 Å². The summed E-state index contributed by atoms with van der Waals surface area (Å²) < 4.78 is 0. The Morgan fingerprint density at radius 1 is 1.33 bits per heavy atom. The van der Waals surface area contributed by atoms with Crippen molar-refractivity contribution < 1.29 is 0 Å². The molecule has 0 bridgehead atoms. The smallest absolute Gasteiger partial charge is 0.00513 e. The van der Waals surface area contributed by atoms with Gasteiger partial charge in [0.2, 0.25) is 0 Å². The molecule has 9 heavy (non-hydrogen) atoms. The normalized spacial score (nSPS) is 15.7. The quantitative estimate of drug-likeness (QED) is 0.606. The second kappa shape index (κ2) is 3.21. The third-order valence-electron chi connectivity index (χ3n) is 1.36. The fourth-order valence-electron chi connectivity index (χ4n) is 1.13. The lowest BCUT2D eigenvalue weighted by molar-refractivity contribution is 0.311. The first-order valence-corrected chi connectivity index (χ1v) is 3.66. The van der Waals surface area contributed by atoms with Crippen LogP contribution in [0.15, 0.2) is 0 Å². The molecule has 0 amide bonds. The maximum Gasteiger partial charge on any atom is -0.00513 e. The molecule has 0 saturated carbocycles. The van der Waals surface area contributed by atoms with E-state index in [1.807, 2.05) is 0 Å². The second-order valence-electron chi connectivity index (χ2n) is 4.11. The van der Waals surface area contributed by atoms with Crippen LogP contribution in [-0.2, 0) is 0 Å². The van der Waals surface area contributed by atoms with Gasteiger partial charge >= 0.3 is 0 Å². The van der Waals surface area contributed by atoms with E-state index in [1.165, 1.54) is 6.42 Å². The topological polar surface area (TPSA) is 26.0 Å². The Morgan fingerprint density at radius 3 is 1.89 bits per heavy atom. The molecule has 0 aliphatic heterocycles. The van der Waals surface area contributed by atoms with Gasteiger partial charge in [0, 0.05) is 0 Å². The van der Waals surface area contributed by atoms with Crippen LogP contribution in [-0.4, -0.2) is 6.54 Å². The van der Waals surface area contributed by atoms with Crippen LogP contribution in [0.25, 0.3) is 0 Å². The van der Waals surface area contributed by atoms with Crippen molar-refractivity contribution in [3.8, 4) is 0 Å². The Kier molecular flexibility index (Phi) is 3.20. The number of hydrogen-bond acceptors (Lipinski definition) is 1. The van der Waals surface area contributed by atoms with E-state index < -0.39 is 0 Å². The molecule has 1 atom stereocenters. The lowest BCUT2D eigenvalue weighted by Crippen LogP contribution is -2.17. The van der Waals surface area contributed by atoms with Crippen molar-refractivity contribution >= 4 is 0 Å². The Morgan fingerprint density at radius 2 is 1.78 bits per heavy atom. The van der Waals surface area contributed by atoms with Crippen LogP contribution in [0.2, 0.25) is 0 Å². The molecule has 0 unspecified atom stereocenters. The molecule has 0 spiro atoms. The zero-order valence-corrected chi connectivity index (χ0v) is 7.07. The van der Waals surface area contributed by atoms with Gasteiger partial charge in [-0.25, -0.2) is 0 Å². The molecule has 0 aliphatic carbocycles. The molecule has 0 radical (unpaired) electrons. The van der Waals surface area contributed by atoms with Crippen LogP contribution in [0.5, 0.6) is 0 Å². The molecule has 0 aromatic rings. The minimum Gasteiger partial charge on any atom is -0.330 e. The summed E-state index contributed by atoms with van der Waals surface area (Å²) in [5, 5.41) is 0. The zero-order valence-electron chi connectivity index (χ0n) is 7.07. The van der Waals surface area contributed by atoms with Crippen LogP contribution in [0.3, 0.4) is 0 Å². The number of hydrogen-bond donors (Lipinski definition) is 1. The molecule has 0 aromatic heterocycles. The highest BCUT2D eigenvalue weighted by Gasteiger charge is 2.13. The largest absolute Gasteiger partial charge is 0.330 e. The summed E-state index contributed by atoms with van der Waals surface area (Å²) >= 11 is 0. The lowest BCUT2D eigenvalue weighted by atomic mass is 9.86. The first-order chi connectivity index (χ1) is 3.95. The summed E-state index contributed by atoms with van der Waals surface area (Å²) in [4.78, 5) is 0. The Hall–Kier alpha value is -0.0400. The fourth-order valence-corrected chi connectivity index (χ4v) is 1.13. The minimum atomic E-state index is 0.443. The SMILES string of the molecule is C[C@H](CN)CC(C)(C)C. The van der Waals surface area contributed by atoms with E-state index in [0.717, 1.165) is 6.54 Å². The Bertz CT molecular complexity index is 71.1. The van der Waals surface area contributed by atoms with Crippen molar-refractivity contribution in [3.05, 3.63) is 0 Å². The van der Waals surface area contributed by atoms with E-state index in [9.17, 15) is 0 Å². The van der Waals surface area contributed by atoms with Crippen LogP contribution >= 0.6 is 0 Å². The van der Waals surface area contributed by atoms with E-state index >= 15 is 0 Å². The number of rotatable bonds is 2. The van der Waals surface area contributed by atoms with Crippen molar-refractivity contribution in [2.24, 2.45) is 17.1 Å². The van der Waals surface area contributed by atoms with Gasteiger partial charge in [-0.3, -0.25) is 0 Å². The lowest BCUT2D eigenvalue weighted by Gasteiger charge is -2.21. The summed E-state index contributed by atoms with van der Waals surface area (Å²) in [7, 11) is 0. The van der Waals surface area contributed by atoms with Gasteiger partial charge < -0.3 is 5.73 Å². The molecule has 0 heterocycles. The minimum absolute atomic E-state index is 0.443. The summed E-state index contributed by atoms with van der Waals surface area (Å²) in [5.41, 5.74) is 5.92. The second-order valence-corrected chi connectivity index (χ2v) is 4.11. The highest BCUT2D eigenvalue weighted by atomic mass is 14.5. The van der Waals surface area contributed by atoms with E-state index in [-0.39, 0.29) is 0 Å². The Labute approximate surface area is 58.6 Å². The third-order valence-corrected chi connectivity index (χ3v) is 1.36. The van der Waals surface area contributed by atoms with E-state index in [2.05, 4.69) is 27.7 Å². The van der Waals surface area contributed by atoms with Crippen LogP contribution < -0.4 is 5.73 Å². The van der Waals surface area contributed by atoms with Gasteiger partial charge in [0.25, 0.3) is 0 Å². The van der Waals surface area contributed by atoms with Gasteiger partial charge in [0.05, 0.1) is 0 Å². The van der Waals surface area contributed by atoms with Crippen molar-refractivity contribution in [2.45, 2.75) is 34.1 Å². The predicted octanol–water partition coefficient (Wildman–Crippen LogP) is 2.02. The van der Waals surface area contributed by atoms with Gasteiger partial charge in [-0.2, -0.15) is 0 Å². The maximum absolute atomic E-state index is 5.48. The Balaban J connectivity index is 3.47. The molecule has 0 rings (SSSR count). The summed E-state index contributed by atoms with van der Waals surface area (Å²) in [6.45, 7) is 9.76. The molecular formula is C8H19N. The summed E-state index contributed by atoms with van der Waals surface area (Å²) in [5.74, 6) is 0.671. The van der Waals surface area contributed by atoms with E-state index in [4.69, 9.17) is 5.73 Å². The average molecular weight is 129 g/mol. The first kappa shape index (κ1) is 8.96. The van der Waals surface area contributed by atoms with E-state index in [1.54, 1.807) is 0 Å². The highest BCUT2D eigenvalue weighted by molar-refractivity contribution is 4.66. The van der Waals surface area contributed by atoms with Crippen molar-refractivity contribution in [1.29, 1.82) is 0 Å². The fraction of sp³-hybridized carbons (Fsp3) is 1.00. The van der Waals surface area contributed by atoms with E-state index in [0.29, 0.717) is 11.3 Å². The summed E-state index contributed by atoms with van der Waals surface area (Å²) in [6.07, 6.45) is 1.23. The van der Waals surface area contributed by atoms with Gasteiger partial charge in [-0.15, -0.1) is 0 Å². The van der Waals surface area contributed by atoms with Crippen LogP contribution in [0.4, 0.5) is 0 Å². The number of nitrogens with two attached hydrogens (primary N) is 1. The molecule has 1 nitrogen and oxygen atoms in total. The average Bonchev–Trinajstić information content (AvgIpc) is 1.62. The molecule has 2 N–H and O–H groups in total. The zero-order chi connectivity index (χ0) is 7.49. The monoisotopic (exact) mass is 129 g/mol. The van der Waals surface area contributed by atoms with Crippen molar-refractivity contribution in [2.75, 3.05) is 6.54 Å². The molecule has 56 valence electrons. The third kappa shape index (κ3) is 5.84. The van der Waals surface area contributed by atoms with Gasteiger partial charge in [-0.1, -0.05) is 27.7 Å². The maximum atomic E-state index is 5.48. The van der Waals surface area contributed by atoms with Crippen LogP contribution in [0.1, 0.15) is 34.1 Å². The predicted molar refractivity (Wildman–Crippen MR) is 42.3 cm³/mol. The first-order valence-electron chi connectivity index (χ1n) is 3.66. The molecule has 0 saturated heterocycles. The standard InChI is InChI=1S/C8H19N/c1-7(6-9)5-8(2,3)4/h7H,5-6,9H2,1-4H3/t7-/m0/s1. The highest BCUT2D eigenvalue weighted by Crippen LogP contribution is 2.23. The van der Waals surface area contributed by atoms with Crippen molar-refractivity contribution in [3.63, 3.8) is 0 Å². The molecule has 0 fully saturated rings. The molecule has 1 heteroatoms. The molecule has 0 aromatic carbocycles. The van der Waals surface area contributed by atoms with Gasteiger partial charge in [0.1, 0.15) is 0 Å².